The fourth-order valence-corrected chi connectivity index (χ4v) is 3.64. The Hall–Kier alpha value is -0.860. The fraction of sp³-hybridized carbons (Fsp3) is 0.944. The van der Waals surface area contributed by atoms with Crippen molar-refractivity contribution in [3.63, 3.8) is 0 Å². The first-order chi connectivity index (χ1) is 12.4. The van der Waals surface area contributed by atoms with Crippen molar-refractivity contribution in [3.8, 4) is 0 Å². The predicted molar refractivity (Wildman–Crippen MR) is 91.9 cm³/mol. The Kier molecular flexibility index (Phi) is 8.63. The van der Waals surface area contributed by atoms with E-state index in [1.165, 1.54) is 0 Å². The molecule has 5 nitrogen and oxygen atoms in total. The number of nitrogens with zero attached hydrogens (tertiary/aromatic N) is 2. The highest BCUT2D eigenvalue weighted by Gasteiger charge is 2.31. The Bertz CT molecular complexity index is 420. The van der Waals surface area contributed by atoms with E-state index < -0.39 is 24.9 Å². The topological polar surface area (TPSA) is 42.0 Å². The van der Waals surface area contributed by atoms with Crippen LogP contribution in [-0.4, -0.2) is 81.0 Å². The van der Waals surface area contributed by atoms with Gasteiger partial charge in [0, 0.05) is 39.8 Å². The zero-order valence-corrected chi connectivity index (χ0v) is 15.6. The SMILES string of the molecule is COCCN1CCC(CN(C[C@H]2CCCO2)C(=O)CCC(F)(F)F)CC1. The lowest BCUT2D eigenvalue weighted by molar-refractivity contribution is -0.150. The molecular formula is C18H31F3N2O3. The van der Waals surface area contributed by atoms with E-state index in [0.717, 1.165) is 45.3 Å². The third kappa shape index (κ3) is 7.80. The number of halogens is 3. The van der Waals surface area contributed by atoms with Crippen molar-refractivity contribution in [1.82, 2.24) is 9.80 Å². The van der Waals surface area contributed by atoms with Crippen molar-refractivity contribution < 1.29 is 27.4 Å². The lowest BCUT2D eigenvalue weighted by Crippen LogP contribution is -2.44. The van der Waals surface area contributed by atoms with Crippen molar-refractivity contribution in [2.75, 3.05) is 53.0 Å². The molecule has 0 aromatic heterocycles. The Morgan fingerprint density at radius 3 is 2.54 bits per heavy atom. The van der Waals surface area contributed by atoms with Crippen LogP contribution in [0.25, 0.3) is 0 Å². The highest BCUT2D eigenvalue weighted by molar-refractivity contribution is 5.76. The van der Waals surface area contributed by atoms with E-state index in [9.17, 15) is 18.0 Å². The molecule has 2 heterocycles. The Morgan fingerprint density at radius 1 is 1.23 bits per heavy atom. The molecule has 8 heteroatoms. The maximum Gasteiger partial charge on any atom is 0.389 e. The van der Waals surface area contributed by atoms with E-state index in [-0.39, 0.29) is 6.10 Å². The molecule has 0 aromatic rings. The number of likely N-dealkylation sites (tertiary alicyclic amines) is 1. The van der Waals surface area contributed by atoms with E-state index in [2.05, 4.69) is 4.90 Å². The van der Waals surface area contributed by atoms with Crippen LogP contribution in [0.3, 0.4) is 0 Å². The van der Waals surface area contributed by atoms with Crippen LogP contribution in [0.5, 0.6) is 0 Å². The normalized spacial score (nSPS) is 22.7. The van der Waals surface area contributed by atoms with Crippen molar-refractivity contribution >= 4 is 5.91 Å². The van der Waals surface area contributed by atoms with E-state index in [1.54, 1.807) is 12.0 Å². The minimum Gasteiger partial charge on any atom is -0.383 e. The number of piperidine rings is 1. The van der Waals surface area contributed by atoms with Gasteiger partial charge in [-0.3, -0.25) is 4.79 Å². The second-order valence-corrected chi connectivity index (χ2v) is 7.33. The molecule has 0 unspecified atom stereocenters. The van der Waals surface area contributed by atoms with Gasteiger partial charge in [-0.2, -0.15) is 13.2 Å². The number of amides is 1. The summed E-state index contributed by atoms with van der Waals surface area (Å²) < 4.78 is 48.1. The van der Waals surface area contributed by atoms with Gasteiger partial charge in [0.1, 0.15) is 0 Å². The van der Waals surface area contributed by atoms with Crippen LogP contribution in [0, 0.1) is 5.92 Å². The van der Waals surface area contributed by atoms with Crippen LogP contribution in [-0.2, 0) is 14.3 Å². The molecule has 0 bridgehead atoms. The summed E-state index contributed by atoms with van der Waals surface area (Å²) in [5.74, 6) is -0.0651. The van der Waals surface area contributed by atoms with Gasteiger partial charge in [-0.15, -0.1) is 0 Å². The van der Waals surface area contributed by atoms with Crippen LogP contribution in [0.1, 0.15) is 38.5 Å². The second-order valence-electron chi connectivity index (χ2n) is 7.33. The third-order valence-electron chi connectivity index (χ3n) is 5.22. The highest BCUT2D eigenvalue weighted by Crippen LogP contribution is 2.24. The van der Waals surface area contributed by atoms with Gasteiger partial charge in [-0.25, -0.2) is 0 Å². The summed E-state index contributed by atoms with van der Waals surface area (Å²) >= 11 is 0. The Labute approximate surface area is 153 Å². The smallest absolute Gasteiger partial charge is 0.383 e. The second kappa shape index (κ2) is 10.5. The number of alkyl halides is 3. The van der Waals surface area contributed by atoms with Gasteiger partial charge in [0.2, 0.25) is 5.91 Å². The van der Waals surface area contributed by atoms with Gasteiger partial charge < -0.3 is 19.3 Å². The standard InChI is InChI=1S/C18H31F3N2O3/c1-25-12-10-22-8-5-15(6-9-22)13-23(14-16-3-2-11-26-16)17(24)4-7-18(19,20)21/h15-16H,2-14H2,1H3/t16-/m1/s1. The lowest BCUT2D eigenvalue weighted by atomic mass is 9.95. The average molecular weight is 380 g/mol. The Morgan fingerprint density at radius 2 is 1.96 bits per heavy atom. The van der Waals surface area contributed by atoms with Crippen molar-refractivity contribution in [1.29, 1.82) is 0 Å². The summed E-state index contributed by atoms with van der Waals surface area (Å²) in [6.07, 6.45) is -2.11. The molecule has 0 aromatic carbocycles. The van der Waals surface area contributed by atoms with Gasteiger partial charge in [-0.1, -0.05) is 0 Å². The first kappa shape index (κ1) is 21.4. The van der Waals surface area contributed by atoms with Crippen molar-refractivity contribution in [3.05, 3.63) is 0 Å². The molecule has 2 fully saturated rings. The maximum absolute atomic E-state index is 12.5. The number of ether oxygens (including phenoxy) is 2. The molecule has 0 aliphatic carbocycles. The molecule has 1 amide bonds. The maximum atomic E-state index is 12.5. The van der Waals surface area contributed by atoms with E-state index in [4.69, 9.17) is 9.47 Å². The van der Waals surface area contributed by atoms with Gasteiger partial charge >= 0.3 is 6.18 Å². The van der Waals surface area contributed by atoms with Gasteiger partial charge in [0.05, 0.1) is 19.1 Å². The van der Waals surface area contributed by atoms with Gasteiger partial charge in [0.15, 0.2) is 0 Å². The van der Waals surface area contributed by atoms with Crippen molar-refractivity contribution in [2.24, 2.45) is 5.92 Å². The number of methoxy groups -OCH3 is 1. The summed E-state index contributed by atoms with van der Waals surface area (Å²) in [5.41, 5.74) is 0. The quantitative estimate of drug-likeness (QED) is 0.617. The summed E-state index contributed by atoms with van der Waals surface area (Å²) in [4.78, 5) is 16.4. The average Bonchev–Trinajstić information content (AvgIpc) is 3.11. The first-order valence-corrected chi connectivity index (χ1v) is 9.55. The van der Waals surface area contributed by atoms with Crippen LogP contribution in [0.15, 0.2) is 0 Å². The highest BCUT2D eigenvalue weighted by atomic mass is 19.4. The summed E-state index contributed by atoms with van der Waals surface area (Å²) in [7, 11) is 1.68. The first-order valence-electron chi connectivity index (χ1n) is 9.55. The largest absolute Gasteiger partial charge is 0.389 e. The van der Waals surface area contributed by atoms with Gasteiger partial charge in [-0.05, 0) is 44.7 Å². The lowest BCUT2D eigenvalue weighted by Gasteiger charge is -2.35. The minimum absolute atomic E-state index is 0.0355. The molecule has 26 heavy (non-hydrogen) atoms. The molecule has 0 radical (unpaired) electrons. The van der Waals surface area contributed by atoms with Crippen LogP contribution >= 0.6 is 0 Å². The van der Waals surface area contributed by atoms with E-state index in [1.807, 2.05) is 0 Å². The number of carbonyl (C=O) groups is 1. The summed E-state index contributed by atoms with van der Waals surface area (Å²) in [6, 6.07) is 0. The van der Waals surface area contributed by atoms with Crippen molar-refractivity contribution in [2.45, 2.75) is 50.8 Å². The summed E-state index contributed by atoms with van der Waals surface area (Å²) in [5, 5.41) is 0. The molecule has 152 valence electrons. The zero-order valence-electron chi connectivity index (χ0n) is 15.6. The van der Waals surface area contributed by atoms with Crippen LogP contribution in [0.2, 0.25) is 0 Å². The number of carbonyl (C=O) groups excluding carboxylic acids is 1. The van der Waals surface area contributed by atoms with Crippen LogP contribution in [0.4, 0.5) is 13.2 Å². The molecule has 2 aliphatic heterocycles. The summed E-state index contributed by atoms with van der Waals surface area (Å²) in [6.45, 7) is 5.11. The minimum atomic E-state index is -4.29. The van der Waals surface area contributed by atoms with Crippen LogP contribution < -0.4 is 0 Å². The molecule has 1 atom stereocenters. The number of hydrogen-bond donors (Lipinski definition) is 0. The zero-order chi connectivity index (χ0) is 19.0. The molecule has 2 aliphatic rings. The number of rotatable bonds is 9. The van der Waals surface area contributed by atoms with E-state index in [0.29, 0.717) is 32.2 Å². The molecular weight excluding hydrogens is 349 g/mol. The monoisotopic (exact) mass is 380 g/mol. The molecule has 0 N–H and O–H groups in total. The molecule has 2 rings (SSSR count). The number of hydrogen-bond acceptors (Lipinski definition) is 4. The fourth-order valence-electron chi connectivity index (χ4n) is 3.64. The molecule has 0 spiro atoms. The van der Waals surface area contributed by atoms with E-state index >= 15 is 0 Å². The Balaban J connectivity index is 1.84. The molecule has 2 saturated heterocycles. The van der Waals surface area contributed by atoms with Gasteiger partial charge in [0.25, 0.3) is 0 Å². The predicted octanol–water partition coefficient (Wildman–Crippen LogP) is 2.69. The third-order valence-corrected chi connectivity index (χ3v) is 5.22. The molecule has 0 saturated carbocycles.